The first-order valence-corrected chi connectivity index (χ1v) is 9.94. The maximum absolute atomic E-state index is 13.5. The highest BCUT2D eigenvalue weighted by Gasteiger charge is 2.77. The van der Waals surface area contributed by atoms with Gasteiger partial charge in [0, 0.05) is 18.9 Å². The molecule has 3 aliphatic heterocycles. The van der Waals surface area contributed by atoms with Gasteiger partial charge in [0.25, 0.3) is 11.8 Å². The summed E-state index contributed by atoms with van der Waals surface area (Å²) >= 11 is 0. The molecule has 0 unspecified atom stereocenters. The lowest BCUT2D eigenvalue weighted by molar-refractivity contribution is -0.341. The summed E-state index contributed by atoms with van der Waals surface area (Å²) in [7, 11) is 0. The molecular formula is C21H26N2O6. The average molecular weight is 402 g/mol. The van der Waals surface area contributed by atoms with Crippen molar-refractivity contribution in [1.29, 1.82) is 0 Å². The van der Waals surface area contributed by atoms with Crippen LogP contribution in [0, 0.1) is 5.92 Å². The fraction of sp³-hybridized carbons (Fsp3) is 0.571. The number of amides is 2. The minimum Gasteiger partial charge on any atom is -0.479 e. The Hall–Kier alpha value is -2.45. The molecular weight excluding hydrogens is 376 g/mol. The van der Waals surface area contributed by atoms with Crippen molar-refractivity contribution in [1.82, 2.24) is 9.80 Å². The summed E-state index contributed by atoms with van der Waals surface area (Å²) < 4.78 is 5.85. The molecule has 3 aliphatic rings. The number of carbonyl (C=O) groups is 3. The maximum Gasteiger partial charge on any atom is 0.346 e. The van der Waals surface area contributed by atoms with Gasteiger partial charge in [0.05, 0.1) is 0 Å². The Morgan fingerprint density at radius 2 is 1.93 bits per heavy atom. The van der Waals surface area contributed by atoms with Gasteiger partial charge in [0.15, 0.2) is 0 Å². The lowest BCUT2D eigenvalue weighted by atomic mass is 9.86. The van der Waals surface area contributed by atoms with Crippen molar-refractivity contribution < 1.29 is 29.3 Å². The quantitative estimate of drug-likeness (QED) is 0.727. The smallest absolute Gasteiger partial charge is 0.346 e. The number of aliphatic carboxylic acids is 1. The van der Waals surface area contributed by atoms with Crippen LogP contribution in [0.4, 0.5) is 0 Å². The van der Waals surface area contributed by atoms with Crippen LogP contribution < -0.4 is 0 Å². The van der Waals surface area contributed by atoms with E-state index in [1.165, 1.54) is 0 Å². The molecule has 3 fully saturated rings. The molecule has 29 heavy (non-hydrogen) atoms. The number of fused-ring (bicyclic) bond motifs is 3. The Balaban J connectivity index is 1.88. The van der Waals surface area contributed by atoms with Gasteiger partial charge >= 0.3 is 5.97 Å². The molecule has 0 bridgehead atoms. The van der Waals surface area contributed by atoms with Gasteiger partial charge in [-0.2, -0.15) is 0 Å². The van der Waals surface area contributed by atoms with Gasteiger partial charge in [-0.05, 0) is 25.3 Å². The summed E-state index contributed by atoms with van der Waals surface area (Å²) in [5, 5.41) is 21.7. The van der Waals surface area contributed by atoms with E-state index >= 15 is 0 Å². The second-order valence-corrected chi connectivity index (χ2v) is 8.65. The van der Waals surface area contributed by atoms with Crippen LogP contribution in [-0.2, 0) is 25.5 Å². The van der Waals surface area contributed by atoms with E-state index in [-0.39, 0.29) is 12.3 Å². The van der Waals surface area contributed by atoms with Gasteiger partial charge in [-0.25, -0.2) is 4.79 Å². The summed E-state index contributed by atoms with van der Waals surface area (Å²) in [5.41, 5.74) is -2.65. The molecule has 0 aliphatic carbocycles. The standard InChI is InChI=1S/C21H26N2O6/c1-13(2)20(18(26)27)17(25)23-15(12-14-8-5-4-6-9-14)16(24)22-11-7-10-19(22,3)21(23,28)29-20/h4-6,8-9,13,15,28H,7,10-12H2,1-3H3,(H,26,27)/t15-,19-,20+,21-/m0/s1. The molecule has 1 aromatic carbocycles. The summed E-state index contributed by atoms with van der Waals surface area (Å²) in [6.45, 7) is 5.22. The van der Waals surface area contributed by atoms with E-state index in [0.717, 1.165) is 10.5 Å². The molecule has 156 valence electrons. The van der Waals surface area contributed by atoms with E-state index in [4.69, 9.17) is 4.74 Å². The third-order valence-corrected chi connectivity index (χ3v) is 6.77. The van der Waals surface area contributed by atoms with Crippen LogP contribution in [0.5, 0.6) is 0 Å². The van der Waals surface area contributed by atoms with E-state index in [9.17, 15) is 24.6 Å². The Kier molecular flexibility index (Phi) is 4.29. The molecule has 2 N–H and O–H groups in total. The molecule has 0 spiro atoms. The molecule has 8 nitrogen and oxygen atoms in total. The van der Waals surface area contributed by atoms with Crippen LogP contribution in [0.2, 0.25) is 0 Å². The highest BCUT2D eigenvalue weighted by atomic mass is 16.7. The minimum absolute atomic E-state index is 0.164. The van der Waals surface area contributed by atoms with Crippen LogP contribution in [0.25, 0.3) is 0 Å². The Labute approximate surface area is 169 Å². The molecule has 0 radical (unpaired) electrons. The normalized spacial score (nSPS) is 36.5. The number of benzene rings is 1. The maximum atomic E-state index is 13.5. The highest BCUT2D eigenvalue weighted by molar-refractivity contribution is 6.09. The predicted octanol–water partition coefficient (Wildman–Crippen LogP) is 0.977. The van der Waals surface area contributed by atoms with Gasteiger partial charge in [-0.15, -0.1) is 0 Å². The van der Waals surface area contributed by atoms with Gasteiger partial charge in [0.2, 0.25) is 11.5 Å². The van der Waals surface area contributed by atoms with Crippen molar-refractivity contribution in [3.63, 3.8) is 0 Å². The summed E-state index contributed by atoms with van der Waals surface area (Å²) in [6, 6.07) is 8.12. The van der Waals surface area contributed by atoms with Gasteiger partial charge in [-0.3, -0.25) is 14.5 Å². The average Bonchev–Trinajstić information content (AvgIpc) is 3.18. The minimum atomic E-state index is -2.24. The van der Waals surface area contributed by atoms with Gasteiger partial charge in [-0.1, -0.05) is 44.2 Å². The summed E-state index contributed by atoms with van der Waals surface area (Å²) in [5.74, 6) is -5.58. The molecule has 2 amide bonds. The zero-order valence-electron chi connectivity index (χ0n) is 16.8. The van der Waals surface area contributed by atoms with Crippen LogP contribution >= 0.6 is 0 Å². The highest BCUT2D eigenvalue weighted by Crippen LogP contribution is 2.53. The number of rotatable bonds is 4. The summed E-state index contributed by atoms with van der Waals surface area (Å²) in [6.07, 6.45) is 1.21. The van der Waals surface area contributed by atoms with Crippen molar-refractivity contribution in [3.05, 3.63) is 35.9 Å². The molecule has 4 rings (SSSR count). The van der Waals surface area contributed by atoms with Crippen LogP contribution in [0.3, 0.4) is 0 Å². The number of hydrogen-bond donors (Lipinski definition) is 2. The van der Waals surface area contributed by atoms with Crippen molar-refractivity contribution in [3.8, 4) is 0 Å². The summed E-state index contributed by atoms with van der Waals surface area (Å²) in [4.78, 5) is 41.7. The fourth-order valence-corrected chi connectivity index (χ4v) is 5.06. The van der Waals surface area contributed by atoms with Crippen molar-refractivity contribution >= 4 is 17.8 Å². The largest absolute Gasteiger partial charge is 0.479 e. The van der Waals surface area contributed by atoms with E-state index < -0.39 is 40.9 Å². The number of carboxylic acid groups (broad SMARTS) is 1. The van der Waals surface area contributed by atoms with Crippen LogP contribution in [-0.4, -0.2) is 67.4 Å². The fourth-order valence-electron chi connectivity index (χ4n) is 5.06. The Bertz CT molecular complexity index is 873. The third kappa shape index (κ3) is 2.36. The first kappa shape index (κ1) is 19.8. The number of piperazine rings is 1. The monoisotopic (exact) mass is 402 g/mol. The van der Waals surface area contributed by atoms with Crippen molar-refractivity contribution in [2.24, 2.45) is 5.92 Å². The lowest BCUT2D eigenvalue weighted by Crippen LogP contribution is -2.76. The van der Waals surface area contributed by atoms with Crippen molar-refractivity contribution in [2.75, 3.05) is 6.54 Å². The van der Waals surface area contributed by atoms with Crippen LogP contribution in [0.15, 0.2) is 30.3 Å². The number of ether oxygens (including phenoxy) is 1. The van der Waals surface area contributed by atoms with E-state index in [1.807, 2.05) is 30.3 Å². The number of aliphatic hydroxyl groups is 1. The molecule has 4 atom stereocenters. The van der Waals surface area contributed by atoms with Gasteiger partial charge in [0.1, 0.15) is 11.6 Å². The molecule has 0 aromatic heterocycles. The van der Waals surface area contributed by atoms with Crippen molar-refractivity contribution in [2.45, 2.75) is 63.1 Å². The van der Waals surface area contributed by atoms with Gasteiger partial charge < -0.3 is 19.8 Å². The van der Waals surface area contributed by atoms with E-state index in [0.29, 0.717) is 19.4 Å². The molecule has 1 aromatic rings. The second-order valence-electron chi connectivity index (χ2n) is 8.65. The molecule has 3 saturated heterocycles. The molecule has 3 heterocycles. The van der Waals surface area contributed by atoms with Crippen LogP contribution in [0.1, 0.15) is 39.2 Å². The molecule has 8 heteroatoms. The Morgan fingerprint density at radius 1 is 1.28 bits per heavy atom. The van der Waals surface area contributed by atoms with E-state index in [1.54, 1.807) is 25.7 Å². The number of carboxylic acids is 1. The first-order valence-electron chi connectivity index (χ1n) is 9.94. The first-order chi connectivity index (χ1) is 13.6. The molecule has 0 saturated carbocycles. The number of nitrogens with zero attached hydrogens (tertiary/aromatic N) is 2. The zero-order chi connectivity index (χ0) is 21.2. The topological polar surface area (TPSA) is 107 Å². The number of hydrogen-bond acceptors (Lipinski definition) is 5. The third-order valence-electron chi connectivity index (χ3n) is 6.77. The lowest BCUT2D eigenvalue weighted by Gasteiger charge is -2.55. The number of carbonyl (C=O) groups excluding carboxylic acids is 2. The zero-order valence-corrected chi connectivity index (χ0v) is 16.8. The SMILES string of the molecule is CC(C)[C@@]1(C(=O)O)O[C@]2(O)N(C1=O)[C@@H](Cc1ccccc1)C(=O)N1CCC[C@]12C. The second kappa shape index (κ2) is 6.27. The Morgan fingerprint density at radius 3 is 2.52 bits per heavy atom. The predicted molar refractivity (Wildman–Crippen MR) is 101 cm³/mol. The van der Waals surface area contributed by atoms with E-state index in [2.05, 4.69) is 0 Å².